The van der Waals surface area contributed by atoms with Crippen molar-refractivity contribution in [2.75, 3.05) is 27.4 Å². The lowest BCUT2D eigenvalue weighted by molar-refractivity contribution is 0.317. The van der Waals surface area contributed by atoms with Gasteiger partial charge in [-0.1, -0.05) is 12.1 Å². The molecule has 0 aliphatic rings. The molecular formula is C19H25NO4. The second-order valence-electron chi connectivity index (χ2n) is 5.49. The average molecular weight is 331 g/mol. The molecule has 2 rings (SSSR count). The van der Waals surface area contributed by atoms with Crippen LogP contribution in [0.15, 0.2) is 36.4 Å². The van der Waals surface area contributed by atoms with Crippen LogP contribution in [0.3, 0.4) is 0 Å². The van der Waals surface area contributed by atoms with Crippen LogP contribution in [0, 0.1) is 0 Å². The van der Waals surface area contributed by atoms with E-state index in [1.54, 1.807) is 20.3 Å². The zero-order valence-corrected chi connectivity index (χ0v) is 14.4. The molecule has 5 nitrogen and oxygen atoms in total. The molecule has 0 saturated heterocycles. The number of methoxy groups -OCH3 is 2. The average Bonchev–Trinajstić information content (AvgIpc) is 2.61. The molecule has 130 valence electrons. The Labute approximate surface area is 143 Å². The summed E-state index contributed by atoms with van der Waals surface area (Å²) in [4.78, 5) is 0. The Morgan fingerprint density at radius 2 is 1.75 bits per heavy atom. The van der Waals surface area contributed by atoms with E-state index in [0.29, 0.717) is 30.4 Å². The number of ether oxygens (including phenoxy) is 3. The molecule has 1 unspecified atom stereocenters. The van der Waals surface area contributed by atoms with Gasteiger partial charge in [-0.3, -0.25) is 0 Å². The molecule has 0 heterocycles. The van der Waals surface area contributed by atoms with Gasteiger partial charge in [0.15, 0.2) is 23.0 Å². The predicted molar refractivity (Wildman–Crippen MR) is 94.3 cm³/mol. The summed E-state index contributed by atoms with van der Waals surface area (Å²) in [7, 11) is 3.23. The highest BCUT2D eigenvalue weighted by molar-refractivity contribution is 5.45. The van der Waals surface area contributed by atoms with Gasteiger partial charge in [-0.05, 0) is 55.3 Å². The predicted octanol–water partition coefficient (Wildman–Crippen LogP) is 3.09. The van der Waals surface area contributed by atoms with E-state index in [-0.39, 0.29) is 11.7 Å². The molecule has 0 aliphatic carbocycles. The van der Waals surface area contributed by atoms with E-state index in [1.165, 1.54) is 0 Å². The van der Waals surface area contributed by atoms with Crippen molar-refractivity contribution in [2.45, 2.75) is 19.3 Å². The Hall–Kier alpha value is -2.40. The van der Waals surface area contributed by atoms with Crippen LogP contribution in [0.4, 0.5) is 0 Å². The van der Waals surface area contributed by atoms with E-state index >= 15 is 0 Å². The lowest BCUT2D eigenvalue weighted by atomic mass is 9.91. The van der Waals surface area contributed by atoms with Crippen molar-refractivity contribution in [3.05, 3.63) is 47.5 Å². The molecule has 0 saturated carbocycles. The Morgan fingerprint density at radius 3 is 2.38 bits per heavy atom. The maximum absolute atomic E-state index is 9.82. The van der Waals surface area contributed by atoms with Crippen LogP contribution in [0.5, 0.6) is 23.0 Å². The molecule has 3 N–H and O–H groups in total. The molecule has 0 radical (unpaired) electrons. The summed E-state index contributed by atoms with van der Waals surface area (Å²) in [6.45, 7) is 2.89. The van der Waals surface area contributed by atoms with E-state index in [0.717, 1.165) is 17.5 Å². The first-order chi connectivity index (χ1) is 11.6. The van der Waals surface area contributed by atoms with E-state index in [9.17, 15) is 5.11 Å². The van der Waals surface area contributed by atoms with Gasteiger partial charge in [0.1, 0.15) is 0 Å². The summed E-state index contributed by atoms with van der Waals surface area (Å²) in [5, 5.41) is 9.82. The van der Waals surface area contributed by atoms with Gasteiger partial charge in [0.2, 0.25) is 0 Å². The van der Waals surface area contributed by atoms with Gasteiger partial charge >= 0.3 is 0 Å². The van der Waals surface area contributed by atoms with Crippen molar-refractivity contribution in [1.82, 2.24) is 0 Å². The van der Waals surface area contributed by atoms with Gasteiger partial charge in [-0.15, -0.1) is 0 Å². The fraction of sp³-hybridized carbons (Fsp3) is 0.368. The SMILES string of the molecule is CCOc1cc(CC(CN)c2ccc(OC)c(OC)c2)ccc1O. The number of nitrogens with two attached hydrogens (primary N) is 1. The molecule has 24 heavy (non-hydrogen) atoms. The van der Waals surface area contributed by atoms with Crippen molar-refractivity contribution in [1.29, 1.82) is 0 Å². The summed E-state index contributed by atoms with van der Waals surface area (Å²) in [5.41, 5.74) is 8.13. The summed E-state index contributed by atoms with van der Waals surface area (Å²) in [6.07, 6.45) is 0.742. The fourth-order valence-corrected chi connectivity index (χ4v) is 2.69. The molecule has 0 fully saturated rings. The molecule has 1 atom stereocenters. The van der Waals surface area contributed by atoms with Crippen molar-refractivity contribution in [2.24, 2.45) is 5.73 Å². The van der Waals surface area contributed by atoms with Crippen LogP contribution in [-0.2, 0) is 6.42 Å². The summed E-state index contributed by atoms with van der Waals surface area (Å²) >= 11 is 0. The van der Waals surface area contributed by atoms with E-state index in [2.05, 4.69) is 0 Å². The second-order valence-corrected chi connectivity index (χ2v) is 5.49. The third-order valence-corrected chi connectivity index (χ3v) is 3.97. The lowest BCUT2D eigenvalue weighted by Crippen LogP contribution is -2.15. The van der Waals surface area contributed by atoms with Gasteiger partial charge in [-0.25, -0.2) is 0 Å². The van der Waals surface area contributed by atoms with Crippen LogP contribution in [-0.4, -0.2) is 32.5 Å². The first-order valence-electron chi connectivity index (χ1n) is 7.99. The molecule has 0 aromatic heterocycles. The topological polar surface area (TPSA) is 73.9 Å². The van der Waals surface area contributed by atoms with Crippen LogP contribution in [0.25, 0.3) is 0 Å². The van der Waals surface area contributed by atoms with E-state index in [4.69, 9.17) is 19.9 Å². The zero-order chi connectivity index (χ0) is 17.5. The Balaban J connectivity index is 2.25. The minimum absolute atomic E-state index is 0.129. The third-order valence-electron chi connectivity index (χ3n) is 3.97. The number of rotatable bonds is 8. The highest BCUT2D eigenvalue weighted by Gasteiger charge is 2.15. The molecular weight excluding hydrogens is 306 g/mol. The first-order valence-corrected chi connectivity index (χ1v) is 7.99. The van der Waals surface area contributed by atoms with Gasteiger partial charge in [-0.2, -0.15) is 0 Å². The largest absolute Gasteiger partial charge is 0.504 e. The van der Waals surface area contributed by atoms with Gasteiger partial charge in [0.05, 0.1) is 20.8 Å². The summed E-state index contributed by atoms with van der Waals surface area (Å²) in [6, 6.07) is 11.3. The maximum atomic E-state index is 9.82. The Morgan fingerprint density at radius 1 is 1.00 bits per heavy atom. The van der Waals surface area contributed by atoms with Crippen molar-refractivity contribution in [3.63, 3.8) is 0 Å². The summed E-state index contributed by atoms with van der Waals surface area (Å²) < 4.78 is 16.1. The van der Waals surface area contributed by atoms with Crippen molar-refractivity contribution < 1.29 is 19.3 Å². The second kappa shape index (κ2) is 8.45. The first kappa shape index (κ1) is 17.9. The van der Waals surface area contributed by atoms with Crippen LogP contribution >= 0.6 is 0 Å². The summed E-state index contributed by atoms with van der Waals surface area (Å²) in [5.74, 6) is 2.16. The molecule has 0 amide bonds. The maximum Gasteiger partial charge on any atom is 0.161 e. The monoisotopic (exact) mass is 331 g/mol. The standard InChI is InChI=1S/C19H25NO4/c1-4-24-18-10-13(5-7-16(18)21)9-15(12-20)14-6-8-17(22-2)19(11-14)23-3/h5-8,10-11,15,21H,4,9,12,20H2,1-3H3. The van der Waals surface area contributed by atoms with Crippen molar-refractivity contribution >= 4 is 0 Å². The van der Waals surface area contributed by atoms with Crippen LogP contribution in [0.2, 0.25) is 0 Å². The normalized spacial score (nSPS) is 11.8. The molecule has 0 bridgehead atoms. The minimum atomic E-state index is 0.129. The lowest BCUT2D eigenvalue weighted by Gasteiger charge is -2.18. The number of phenolic OH excluding ortho intramolecular Hbond substituents is 1. The smallest absolute Gasteiger partial charge is 0.161 e. The Kier molecular flexibility index (Phi) is 6.32. The fourth-order valence-electron chi connectivity index (χ4n) is 2.69. The zero-order valence-electron chi connectivity index (χ0n) is 14.4. The molecule has 5 heteroatoms. The number of benzene rings is 2. The molecule has 0 spiro atoms. The van der Waals surface area contributed by atoms with Crippen molar-refractivity contribution in [3.8, 4) is 23.0 Å². The molecule has 2 aromatic carbocycles. The highest BCUT2D eigenvalue weighted by atomic mass is 16.5. The molecule has 0 aliphatic heterocycles. The molecule has 2 aromatic rings. The van der Waals surface area contributed by atoms with Crippen LogP contribution in [0.1, 0.15) is 24.0 Å². The van der Waals surface area contributed by atoms with E-state index < -0.39 is 0 Å². The van der Waals surface area contributed by atoms with Gasteiger partial charge in [0.25, 0.3) is 0 Å². The van der Waals surface area contributed by atoms with Gasteiger partial charge in [0, 0.05) is 5.92 Å². The minimum Gasteiger partial charge on any atom is -0.504 e. The van der Waals surface area contributed by atoms with Crippen LogP contribution < -0.4 is 19.9 Å². The van der Waals surface area contributed by atoms with E-state index in [1.807, 2.05) is 37.3 Å². The quantitative estimate of drug-likeness (QED) is 0.777. The number of hydrogen-bond acceptors (Lipinski definition) is 5. The highest BCUT2D eigenvalue weighted by Crippen LogP contribution is 2.33. The number of phenols is 1. The number of aromatic hydroxyl groups is 1. The Bertz CT molecular complexity index is 672. The third kappa shape index (κ3) is 4.11. The van der Waals surface area contributed by atoms with Gasteiger partial charge < -0.3 is 25.1 Å². The number of hydrogen-bond donors (Lipinski definition) is 2.